The van der Waals surface area contributed by atoms with Gasteiger partial charge in [-0.05, 0) is 98.1 Å². The Bertz CT molecular complexity index is 1080. The molecular formula is C30H37F2NO2. The number of hydrogen-bond acceptors (Lipinski definition) is 3. The van der Waals surface area contributed by atoms with Crippen molar-refractivity contribution in [2.24, 2.45) is 17.3 Å². The Kier molecular flexibility index (Phi) is 6.99. The molecule has 0 bridgehead atoms. The number of benzene rings is 1. The van der Waals surface area contributed by atoms with E-state index < -0.39 is 12.0 Å². The SMILES string of the molecule is C#CC(F)F.CN(C)c1ccc(C2C[C@@]3(C)C(CC[C@]3(C)O)C3CCC4=CC(=O)CCC4=C23)cc1. The van der Waals surface area contributed by atoms with Crippen LogP contribution < -0.4 is 4.90 Å². The second-order valence-corrected chi connectivity index (χ2v) is 11.3. The number of rotatable bonds is 2. The molecule has 1 aromatic rings. The van der Waals surface area contributed by atoms with Crippen LogP contribution in [0, 0.1) is 29.6 Å². The van der Waals surface area contributed by atoms with Crippen LogP contribution in [0.2, 0.25) is 0 Å². The van der Waals surface area contributed by atoms with Crippen LogP contribution in [0.5, 0.6) is 0 Å². The molecule has 3 nitrogen and oxygen atoms in total. The molecule has 0 radical (unpaired) electrons. The molecule has 2 saturated carbocycles. The maximum Gasteiger partial charge on any atom is 0.298 e. The summed E-state index contributed by atoms with van der Waals surface area (Å²) in [6, 6.07) is 9.04. The highest BCUT2D eigenvalue weighted by Gasteiger charge is 2.60. The molecule has 5 atom stereocenters. The predicted molar refractivity (Wildman–Crippen MR) is 136 cm³/mol. The van der Waals surface area contributed by atoms with Gasteiger partial charge in [-0.1, -0.05) is 24.6 Å². The first-order valence-corrected chi connectivity index (χ1v) is 12.7. The molecule has 0 heterocycles. The third kappa shape index (κ3) is 4.58. The van der Waals surface area contributed by atoms with Gasteiger partial charge in [0, 0.05) is 37.5 Å². The molecule has 1 N–H and O–H groups in total. The fourth-order valence-electron chi connectivity index (χ4n) is 7.18. The highest BCUT2D eigenvalue weighted by atomic mass is 19.3. The van der Waals surface area contributed by atoms with Gasteiger partial charge in [0.15, 0.2) is 5.78 Å². The Balaban J connectivity index is 0.000000527. The smallest absolute Gasteiger partial charge is 0.298 e. The molecule has 35 heavy (non-hydrogen) atoms. The van der Waals surface area contributed by atoms with Gasteiger partial charge in [0.25, 0.3) is 6.43 Å². The summed E-state index contributed by atoms with van der Waals surface area (Å²) in [5.74, 6) is 2.91. The zero-order chi connectivity index (χ0) is 25.5. The van der Waals surface area contributed by atoms with Crippen molar-refractivity contribution in [3.8, 4) is 12.3 Å². The second-order valence-electron chi connectivity index (χ2n) is 11.3. The van der Waals surface area contributed by atoms with Gasteiger partial charge in [0.2, 0.25) is 0 Å². The number of alkyl halides is 2. The molecule has 188 valence electrons. The number of carbonyl (C=O) groups is 1. The minimum atomic E-state index is -2.59. The molecule has 4 aliphatic rings. The number of anilines is 1. The van der Waals surface area contributed by atoms with Crippen LogP contribution in [0.3, 0.4) is 0 Å². The van der Waals surface area contributed by atoms with E-state index in [1.807, 2.05) is 6.08 Å². The van der Waals surface area contributed by atoms with E-state index in [-0.39, 0.29) is 5.41 Å². The van der Waals surface area contributed by atoms with Crippen molar-refractivity contribution in [2.75, 3.05) is 19.0 Å². The number of fused-ring (bicyclic) bond motifs is 4. The van der Waals surface area contributed by atoms with Gasteiger partial charge in [-0.2, -0.15) is 8.78 Å². The highest BCUT2D eigenvalue weighted by Crippen LogP contribution is 2.66. The second kappa shape index (κ2) is 9.54. The molecule has 0 aromatic heterocycles. The van der Waals surface area contributed by atoms with E-state index in [4.69, 9.17) is 0 Å². The van der Waals surface area contributed by atoms with Crippen molar-refractivity contribution in [2.45, 2.75) is 76.7 Å². The van der Waals surface area contributed by atoms with Gasteiger partial charge in [0.05, 0.1) is 5.60 Å². The average Bonchev–Trinajstić information content (AvgIpc) is 3.07. The first kappa shape index (κ1) is 25.6. The minimum absolute atomic E-state index is 0.0572. The maximum atomic E-state index is 12.1. The zero-order valence-electron chi connectivity index (χ0n) is 21.3. The molecule has 3 unspecified atom stereocenters. The Morgan fingerprint density at radius 3 is 2.37 bits per heavy atom. The first-order valence-electron chi connectivity index (χ1n) is 12.7. The fraction of sp³-hybridized carbons (Fsp3) is 0.567. The van der Waals surface area contributed by atoms with Gasteiger partial charge in [-0.3, -0.25) is 4.79 Å². The van der Waals surface area contributed by atoms with Crippen LogP contribution in [0.15, 0.2) is 47.1 Å². The van der Waals surface area contributed by atoms with Crippen LogP contribution in [-0.4, -0.2) is 37.0 Å². The summed E-state index contributed by atoms with van der Waals surface area (Å²) in [5, 5.41) is 11.4. The van der Waals surface area contributed by atoms with E-state index in [9.17, 15) is 18.7 Å². The number of allylic oxidation sites excluding steroid dienone is 4. The summed E-state index contributed by atoms with van der Waals surface area (Å²) in [6.07, 6.45) is 10.3. The molecule has 0 aliphatic heterocycles. The molecule has 2 fully saturated rings. The van der Waals surface area contributed by atoms with Crippen molar-refractivity contribution in [1.29, 1.82) is 0 Å². The molecule has 5 rings (SSSR count). The third-order valence-corrected chi connectivity index (χ3v) is 9.23. The third-order valence-electron chi connectivity index (χ3n) is 9.23. The van der Waals surface area contributed by atoms with Crippen LogP contribution in [-0.2, 0) is 4.79 Å². The van der Waals surface area contributed by atoms with Gasteiger partial charge in [-0.25, -0.2) is 0 Å². The van der Waals surface area contributed by atoms with Crippen LogP contribution in [0.4, 0.5) is 14.5 Å². The molecule has 0 saturated heterocycles. The summed E-state index contributed by atoms with van der Waals surface area (Å²) < 4.78 is 21.1. The van der Waals surface area contributed by atoms with E-state index in [0.717, 1.165) is 38.5 Å². The van der Waals surface area contributed by atoms with Crippen molar-refractivity contribution in [3.05, 3.63) is 52.6 Å². The zero-order valence-corrected chi connectivity index (χ0v) is 21.3. The van der Waals surface area contributed by atoms with Crippen LogP contribution in [0.1, 0.15) is 70.3 Å². The Morgan fingerprint density at radius 2 is 1.77 bits per heavy atom. The summed E-state index contributed by atoms with van der Waals surface area (Å²) in [6.45, 7) is 4.42. The molecule has 0 spiro atoms. The summed E-state index contributed by atoms with van der Waals surface area (Å²) in [4.78, 5) is 14.3. The van der Waals surface area contributed by atoms with Crippen molar-refractivity contribution >= 4 is 11.5 Å². The van der Waals surface area contributed by atoms with E-state index in [1.54, 1.807) is 5.57 Å². The lowest BCUT2D eigenvalue weighted by Crippen LogP contribution is -2.50. The van der Waals surface area contributed by atoms with Crippen molar-refractivity contribution in [1.82, 2.24) is 0 Å². The Labute approximate surface area is 208 Å². The normalized spacial score (nSPS) is 33.6. The lowest BCUT2D eigenvalue weighted by atomic mass is 9.51. The molecule has 0 amide bonds. The molecule has 5 heteroatoms. The topological polar surface area (TPSA) is 40.5 Å². The predicted octanol–water partition coefficient (Wildman–Crippen LogP) is 6.29. The quantitative estimate of drug-likeness (QED) is 0.505. The van der Waals surface area contributed by atoms with Gasteiger partial charge in [-0.15, -0.1) is 6.42 Å². The Morgan fingerprint density at radius 1 is 1.11 bits per heavy atom. The van der Waals surface area contributed by atoms with E-state index in [1.165, 1.54) is 28.3 Å². The number of aliphatic hydroxyl groups is 1. The number of terminal acetylenes is 1. The largest absolute Gasteiger partial charge is 0.390 e. The number of halogens is 2. The van der Waals surface area contributed by atoms with E-state index in [2.05, 4.69) is 63.5 Å². The van der Waals surface area contributed by atoms with Crippen molar-refractivity contribution in [3.63, 3.8) is 0 Å². The molecule has 4 aliphatic carbocycles. The van der Waals surface area contributed by atoms with E-state index in [0.29, 0.717) is 30.0 Å². The number of carbonyl (C=O) groups excluding carboxylic acids is 1. The lowest BCUT2D eigenvalue weighted by Gasteiger charge is -2.54. The molecular weight excluding hydrogens is 444 g/mol. The monoisotopic (exact) mass is 481 g/mol. The summed E-state index contributed by atoms with van der Waals surface area (Å²) in [7, 11) is 4.16. The van der Waals surface area contributed by atoms with Crippen LogP contribution >= 0.6 is 0 Å². The van der Waals surface area contributed by atoms with Gasteiger partial charge in [0.1, 0.15) is 0 Å². The maximum absolute atomic E-state index is 12.1. The highest BCUT2D eigenvalue weighted by molar-refractivity contribution is 5.93. The average molecular weight is 482 g/mol. The van der Waals surface area contributed by atoms with Gasteiger partial charge < -0.3 is 10.0 Å². The lowest BCUT2D eigenvalue weighted by molar-refractivity contribution is -0.114. The van der Waals surface area contributed by atoms with Gasteiger partial charge >= 0.3 is 0 Å². The van der Waals surface area contributed by atoms with Crippen LogP contribution in [0.25, 0.3) is 0 Å². The number of nitrogens with zero attached hydrogens (tertiary/aromatic N) is 1. The van der Waals surface area contributed by atoms with Crippen molar-refractivity contribution < 1.29 is 18.7 Å². The first-order chi connectivity index (χ1) is 16.5. The summed E-state index contributed by atoms with van der Waals surface area (Å²) in [5.41, 5.74) is 6.33. The van der Waals surface area contributed by atoms with E-state index >= 15 is 0 Å². The fourth-order valence-corrected chi connectivity index (χ4v) is 7.18. The number of ketones is 1. The Hall–Kier alpha value is -2.45. The molecule has 1 aromatic carbocycles. The standard InChI is InChI=1S/C27H35NO2.C3H2F2/c1-26-16-23(17-5-8-19(9-6-17)28(3)4)25-21-12-10-20(29)15-18(21)7-11-22(25)24(26)13-14-27(26,2)30;1-2-3(4)5/h5-6,8-9,15,22-24,30H,7,10-14,16H2,1-4H3;1,3H/t22?,23?,24?,26-,27-;/m0./s1. The number of hydrogen-bond donors (Lipinski definition) is 1. The minimum Gasteiger partial charge on any atom is -0.390 e. The summed E-state index contributed by atoms with van der Waals surface area (Å²) >= 11 is 0.